The summed E-state index contributed by atoms with van der Waals surface area (Å²) in [6.07, 6.45) is 8.17. The second kappa shape index (κ2) is 7.17. The first kappa shape index (κ1) is 20.0. The minimum Gasteiger partial charge on any atom is -0.440 e. The standard InChI is InChI=1S/C26H26ClN3O2/c1-16-4-2-7-21(29-16)23(31)30-26-12-17-8-18(13-26)11-25(10-17,15-26)24-28-14-22(32-24)19-5-3-6-20(27)9-19/h2-7,9,14,17-18H,8,10-13,15H2,1H3,(H,30,31). The third-order valence-electron chi connectivity index (χ3n) is 7.63. The van der Waals surface area contributed by atoms with Crippen LogP contribution in [0.2, 0.25) is 5.02 Å². The molecular weight excluding hydrogens is 422 g/mol. The number of hydrogen-bond donors (Lipinski definition) is 1. The van der Waals surface area contributed by atoms with Crippen LogP contribution in [0.5, 0.6) is 0 Å². The van der Waals surface area contributed by atoms with Gasteiger partial charge in [-0.1, -0.05) is 29.8 Å². The zero-order chi connectivity index (χ0) is 21.9. The summed E-state index contributed by atoms with van der Waals surface area (Å²) in [6.45, 7) is 1.91. The quantitative estimate of drug-likeness (QED) is 0.555. The maximum Gasteiger partial charge on any atom is 0.270 e. The van der Waals surface area contributed by atoms with Crippen LogP contribution in [0.15, 0.2) is 53.1 Å². The number of nitrogens with zero attached hydrogens (tertiary/aromatic N) is 2. The summed E-state index contributed by atoms with van der Waals surface area (Å²) < 4.78 is 6.37. The molecule has 4 aliphatic carbocycles. The molecule has 4 aliphatic rings. The Balaban J connectivity index is 1.31. The maximum atomic E-state index is 13.1. The number of carbonyl (C=O) groups is 1. The molecule has 2 heterocycles. The largest absolute Gasteiger partial charge is 0.440 e. The fourth-order valence-electron chi connectivity index (χ4n) is 6.93. The highest BCUT2D eigenvalue weighted by Gasteiger charge is 2.60. The average molecular weight is 448 g/mol. The lowest BCUT2D eigenvalue weighted by Gasteiger charge is -2.61. The van der Waals surface area contributed by atoms with Crippen LogP contribution in [0, 0.1) is 18.8 Å². The molecule has 0 aliphatic heterocycles. The number of halogens is 1. The van der Waals surface area contributed by atoms with E-state index >= 15 is 0 Å². The molecule has 4 saturated carbocycles. The van der Waals surface area contributed by atoms with Gasteiger partial charge in [-0.25, -0.2) is 9.97 Å². The summed E-state index contributed by atoms with van der Waals surface area (Å²) >= 11 is 6.18. The van der Waals surface area contributed by atoms with E-state index in [1.54, 1.807) is 6.07 Å². The normalized spacial score (nSPS) is 30.4. The van der Waals surface area contributed by atoms with Crippen LogP contribution in [0.4, 0.5) is 0 Å². The van der Waals surface area contributed by atoms with Gasteiger partial charge >= 0.3 is 0 Å². The number of carbonyl (C=O) groups excluding carboxylic acids is 1. The predicted molar refractivity (Wildman–Crippen MR) is 122 cm³/mol. The number of oxazole rings is 1. The lowest BCUT2D eigenvalue weighted by Crippen LogP contribution is -2.64. The summed E-state index contributed by atoms with van der Waals surface area (Å²) in [5, 5.41) is 4.10. The Morgan fingerprint density at radius 3 is 2.66 bits per heavy atom. The van der Waals surface area contributed by atoms with Gasteiger partial charge in [-0.3, -0.25) is 4.79 Å². The van der Waals surface area contributed by atoms with Crippen molar-refractivity contribution >= 4 is 17.5 Å². The maximum absolute atomic E-state index is 13.1. The molecule has 3 aromatic rings. The first-order valence-corrected chi connectivity index (χ1v) is 11.8. The molecule has 4 bridgehead atoms. The number of aromatic nitrogens is 2. The van der Waals surface area contributed by atoms with Crippen molar-refractivity contribution < 1.29 is 9.21 Å². The van der Waals surface area contributed by atoms with Crippen molar-refractivity contribution in [3.63, 3.8) is 0 Å². The first-order valence-electron chi connectivity index (χ1n) is 11.4. The van der Waals surface area contributed by atoms with E-state index in [4.69, 9.17) is 21.0 Å². The molecule has 1 amide bonds. The van der Waals surface area contributed by atoms with Crippen molar-refractivity contribution in [1.82, 2.24) is 15.3 Å². The Kier molecular flexibility index (Phi) is 4.48. The Bertz CT molecular complexity index is 1190. The smallest absolute Gasteiger partial charge is 0.270 e. The SMILES string of the molecule is Cc1cccc(C(=O)NC23CC4CC(C2)CC(c2ncc(-c5cccc(Cl)c5)o2)(C4)C3)n1. The van der Waals surface area contributed by atoms with E-state index in [1.807, 2.05) is 49.5 Å². The Hall–Kier alpha value is -2.66. The number of amides is 1. The van der Waals surface area contributed by atoms with E-state index < -0.39 is 0 Å². The van der Waals surface area contributed by atoms with Crippen LogP contribution in [0.3, 0.4) is 0 Å². The Labute approximate surface area is 192 Å². The molecule has 2 aromatic heterocycles. The molecule has 0 saturated heterocycles. The van der Waals surface area contributed by atoms with Gasteiger partial charge in [0.05, 0.1) is 6.20 Å². The van der Waals surface area contributed by atoms with Crippen molar-refractivity contribution in [2.45, 2.75) is 56.4 Å². The molecule has 0 radical (unpaired) electrons. The van der Waals surface area contributed by atoms with E-state index in [1.165, 1.54) is 6.42 Å². The van der Waals surface area contributed by atoms with Gasteiger partial charge in [-0.05, 0) is 81.5 Å². The number of pyridine rings is 1. The molecule has 1 aromatic carbocycles. The highest BCUT2D eigenvalue weighted by molar-refractivity contribution is 6.30. The van der Waals surface area contributed by atoms with Crippen LogP contribution >= 0.6 is 11.6 Å². The topological polar surface area (TPSA) is 68.0 Å². The zero-order valence-electron chi connectivity index (χ0n) is 18.1. The van der Waals surface area contributed by atoms with Crippen molar-refractivity contribution in [2.75, 3.05) is 0 Å². The summed E-state index contributed by atoms with van der Waals surface area (Å²) in [4.78, 5) is 22.3. The van der Waals surface area contributed by atoms with Crippen LogP contribution in [0.1, 0.15) is 60.6 Å². The summed E-state index contributed by atoms with van der Waals surface area (Å²) in [5.74, 6) is 2.67. The molecular formula is C26H26ClN3O2. The first-order chi connectivity index (χ1) is 15.4. The summed E-state index contributed by atoms with van der Waals surface area (Å²) in [6, 6.07) is 13.3. The van der Waals surface area contributed by atoms with Crippen LogP contribution in [0.25, 0.3) is 11.3 Å². The van der Waals surface area contributed by atoms with Crippen molar-refractivity contribution in [1.29, 1.82) is 0 Å². The monoisotopic (exact) mass is 447 g/mol. The van der Waals surface area contributed by atoms with Gasteiger partial charge < -0.3 is 9.73 Å². The van der Waals surface area contributed by atoms with Crippen molar-refractivity contribution in [3.8, 4) is 11.3 Å². The number of hydrogen-bond acceptors (Lipinski definition) is 4. The van der Waals surface area contributed by atoms with E-state index in [2.05, 4.69) is 10.3 Å². The molecule has 0 spiro atoms. The van der Waals surface area contributed by atoms with E-state index in [-0.39, 0.29) is 16.9 Å². The predicted octanol–water partition coefficient (Wildman–Crippen LogP) is 5.72. The Morgan fingerprint density at radius 2 is 1.91 bits per heavy atom. The minimum absolute atomic E-state index is 0.0715. The molecule has 32 heavy (non-hydrogen) atoms. The van der Waals surface area contributed by atoms with Crippen LogP contribution < -0.4 is 5.32 Å². The molecule has 2 atom stereocenters. The molecule has 1 N–H and O–H groups in total. The van der Waals surface area contributed by atoms with Crippen LogP contribution in [-0.2, 0) is 5.41 Å². The zero-order valence-corrected chi connectivity index (χ0v) is 18.9. The lowest BCUT2D eigenvalue weighted by molar-refractivity contribution is -0.0470. The molecule has 164 valence electrons. The molecule has 6 heteroatoms. The van der Waals surface area contributed by atoms with Gasteiger partial charge in [-0.15, -0.1) is 0 Å². The third kappa shape index (κ3) is 3.34. The van der Waals surface area contributed by atoms with Crippen molar-refractivity contribution in [3.05, 3.63) is 71.0 Å². The van der Waals surface area contributed by atoms with E-state index in [0.717, 1.165) is 55.0 Å². The lowest BCUT2D eigenvalue weighted by atomic mass is 9.46. The van der Waals surface area contributed by atoms with Gasteiger partial charge in [0.15, 0.2) is 5.76 Å². The van der Waals surface area contributed by atoms with E-state index in [0.29, 0.717) is 22.6 Å². The number of nitrogens with one attached hydrogen (secondary N) is 1. The highest BCUT2D eigenvalue weighted by atomic mass is 35.5. The van der Waals surface area contributed by atoms with Gasteiger partial charge in [-0.2, -0.15) is 0 Å². The Morgan fingerprint density at radius 1 is 1.12 bits per heavy atom. The number of benzene rings is 1. The summed E-state index contributed by atoms with van der Waals surface area (Å²) in [7, 11) is 0. The van der Waals surface area contributed by atoms with E-state index in [9.17, 15) is 4.79 Å². The minimum atomic E-state index is -0.211. The molecule has 2 unspecified atom stereocenters. The second-order valence-electron chi connectivity index (χ2n) is 10.2. The van der Waals surface area contributed by atoms with Gasteiger partial charge in [0.2, 0.25) is 5.89 Å². The fraction of sp³-hybridized carbons (Fsp3) is 0.423. The molecule has 5 nitrogen and oxygen atoms in total. The highest BCUT2D eigenvalue weighted by Crippen LogP contribution is 2.62. The van der Waals surface area contributed by atoms with Gasteiger partial charge in [0, 0.05) is 27.2 Å². The fourth-order valence-corrected chi connectivity index (χ4v) is 7.12. The van der Waals surface area contributed by atoms with Gasteiger partial charge in [0.25, 0.3) is 5.91 Å². The van der Waals surface area contributed by atoms with Crippen molar-refractivity contribution in [2.24, 2.45) is 11.8 Å². The average Bonchev–Trinajstić information content (AvgIpc) is 3.24. The second-order valence-corrected chi connectivity index (χ2v) is 10.6. The number of aryl methyl sites for hydroxylation is 1. The van der Waals surface area contributed by atoms with Gasteiger partial charge in [0.1, 0.15) is 5.69 Å². The molecule has 7 rings (SSSR count). The van der Waals surface area contributed by atoms with Crippen LogP contribution in [-0.4, -0.2) is 21.4 Å². The third-order valence-corrected chi connectivity index (χ3v) is 7.86. The number of rotatable bonds is 4. The molecule has 4 fully saturated rings. The summed E-state index contributed by atoms with van der Waals surface area (Å²) in [5.41, 5.74) is 1.96.